The first-order valence-corrected chi connectivity index (χ1v) is 4.64. The maximum Gasteiger partial charge on any atom is 0.213 e. The number of nitrogens with one attached hydrogen (secondary N) is 1. The van der Waals surface area contributed by atoms with Crippen molar-refractivity contribution in [3.8, 4) is 0 Å². The lowest BCUT2D eigenvalue weighted by molar-refractivity contribution is 0.569. The Labute approximate surface area is 77.2 Å². The van der Waals surface area contributed by atoms with Crippen LogP contribution in [-0.2, 0) is 0 Å². The molecule has 1 N–H and O–H groups in total. The van der Waals surface area contributed by atoms with Crippen molar-refractivity contribution in [2.24, 2.45) is 0 Å². The van der Waals surface area contributed by atoms with Gasteiger partial charge in [0.15, 0.2) is 0 Å². The van der Waals surface area contributed by atoms with E-state index in [0.29, 0.717) is 6.04 Å². The molecule has 13 heavy (non-hydrogen) atoms. The minimum atomic E-state index is -0.390. The highest BCUT2D eigenvalue weighted by Crippen LogP contribution is 2.24. The quantitative estimate of drug-likeness (QED) is 0.668. The van der Waals surface area contributed by atoms with Crippen molar-refractivity contribution < 1.29 is 4.39 Å². The van der Waals surface area contributed by atoms with Gasteiger partial charge in [0.05, 0.1) is 0 Å². The smallest absolute Gasteiger partial charge is 0.213 e. The summed E-state index contributed by atoms with van der Waals surface area (Å²) in [6.07, 6.45) is 2.33. The molecule has 1 saturated heterocycles. The molecule has 1 aromatic rings. The van der Waals surface area contributed by atoms with Crippen molar-refractivity contribution in [3.63, 3.8) is 0 Å². The number of hydrogen-bond acceptors (Lipinski definition) is 2. The summed E-state index contributed by atoms with van der Waals surface area (Å²) in [5, 5.41) is 3.37. The second-order valence-corrected chi connectivity index (χ2v) is 3.46. The molecule has 2 nitrogen and oxygen atoms in total. The molecule has 1 aliphatic rings. The first kappa shape index (κ1) is 8.63. The van der Waals surface area contributed by atoms with Gasteiger partial charge >= 0.3 is 0 Å². The van der Waals surface area contributed by atoms with Gasteiger partial charge in [0.1, 0.15) is 0 Å². The molecular weight excluding hydrogens is 167 g/mol. The standard InChI is InChI=1S/C10H13FN2/c1-7-8(4-5-10(11)13-7)9-3-2-6-12-9/h4-5,9,12H,2-3,6H2,1H3. The van der Waals surface area contributed by atoms with Crippen molar-refractivity contribution >= 4 is 0 Å². The Bertz CT molecular complexity index is 306. The lowest BCUT2D eigenvalue weighted by Gasteiger charge is -2.12. The van der Waals surface area contributed by atoms with Crippen LogP contribution in [0.15, 0.2) is 12.1 Å². The van der Waals surface area contributed by atoms with Gasteiger partial charge in [0.2, 0.25) is 5.95 Å². The van der Waals surface area contributed by atoms with Gasteiger partial charge in [-0.05, 0) is 37.9 Å². The highest BCUT2D eigenvalue weighted by atomic mass is 19.1. The molecular formula is C10H13FN2. The molecule has 0 saturated carbocycles. The Hall–Kier alpha value is -0.960. The summed E-state index contributed by atoms with van der Waals surface area (Å²) < 4.78 is 12.7. The normalized spacial score (nSPS) is 22.2. The van der Waals surface area contributed by atoms with E-state index >= 15 is 0 Å². The van der Waals surface area contributed by atoms with Crippen LogP contribution in [0.5, 0.6) is 0 Å². The fourth-order valence-electron chi connectivity index (χ4n) is 1.86. The van der Waals surface area contributed by atoms with E-state index in [2.05, 4.69) is 10.3 Å². The van der Waals surface area contributed by atoms with E-state index < -0.39 is 0 Å². The molecule has 0 amide bonds. The summed E-state index contributed by atoms with van der Waals surface area (Å²) in [4.78, 5) is 3.81. The van der Waals surface area contributed by atoms with E-state index in [-0.39, 0.29) is 5.95 Å². The van der Waals surface area contributed by atoms with Crippen molar-refractivity contribution in [1.82, 2.24) is 10.3 Å². The Kier molecular flexibility index (Phi) is 2.27. The second kappa shape index (κ2) is 3.42. The van der Waals surface area contributed by atoms with Crippen LogP contribution < -0.4 is 5.32 Å². The monoisotopic (exact) mass is 180 g/mol. The third-order valence-corrected chi connectivity index (χ3v) is 2.53. The van der Waals surface area contributed by atoms with Crippen LogP contribution >= 0.6 is 0 Å². The molecule has 3 heteroatoms. The van der Waals surface area contributed by atoms with Gasteiger partial charge in [-0.25, -0.2) is 4.98 Å². The van der Waals surface area contributed by atoms with E-state index in [9.17, 15) is 4.39 Å². The van der Waals surface area contributed by atoms with Crippen LogP contribution in [0.2, 0.25) is 0 Å². The highest BCUT2D eigenvalue weighted by Gasteiger charge is 2.18. The zero-order valence-electron chi connectivity index (χ0n) is 7.68. The Morgan fingerprint density at radius 1 is 1.54 bits per heavy atom. The molecule has 1 aromatic heterocycles. The number of aromatic nitrogens is 1. The van der Waals surface area contributed by atoms with Crippen LogP contribution in [0.3, 0.4) is 0 Å². The molecule has 70 valence electrons. The molecule has 2 rings (SSSR count). The second-order valence-electron chi connectivity index (χ2n) is 3.46. The maximum absolute atomic E-state index is 12.7. The van der Waals surface area contributed by atoms with E-state index in [0.717, 1.165) is 24.2 Å². The Balaban J connectivity index is 2.29. The van der Waals surface area contributed by atoms with E-state index in [4.69, 9.17) is 0 Å². The maximum atomic E-state index is 12.7. The number of hydrogen-bond donors (Lipinski definition) is 1. The topological polar surface area (TPSA) is 24.9 Å². The third-order valence-electron chi connectivity index (χ3n) is 2.53. The highest BCUT2D eigenvalue weighted by molar-refractivity contribution is 5.23. The van der Waals surface area contributed by atoms with Crippen LogP contribution in [0, 0.1) is 12.9 Å². The lowest BCUT2D eigenvalue weighted by Crippen LogP contribution is -2.14. The largest absolute Gasteiger partial charge is 0.310 e. The molecule has 1 fully saturated rings. The Morgan fingerprint density at radius 3 is 3.00 bits per heavy atom. The first-order chi connectivity index (χ1) is 6.27. The average Bonchev–Trinajstić information content (AvgIpc) is 2.56. The minimum absolute atomic E-state index is 0.382. The molecule has 2 heterocycles. The summed E-state index contributed by atoms with van der Waals surface area (Å²) in [7, 11) is 0. The first-order valence-electron chi connectivity index (χ1n) is 4.64. The van der Waals surface area contributed by atoms with Gasteiger partial charge in [-0.2, -0.15) is 4.39 Å². The van der Waals surface area contributed by atoms with Crippen molar-refractivity contribution in [2.45, 2.75) is 25.8 Å². The van der Waals surface area contributed by atoms with E-state index in [1.165, 1.54) is 12.5 Å². The van der Waals surface area contributed by atoms with Crippen molar-refractivity contribution in [2.75, 3.05) is 6.54 Å². The summed E-state index contributed by atoms with van der Waals surface area (Å²) in [6.45, 7) is 2.92. The molecule has 0 aromatic carbocycles. The molecule has 1 unspecified atom stereocenters. The van der Waals surface area contributed by atoms with Crippen LogP contribution in [-0.4, -0.2) is 11.5 Å². The van der Waals surface area contributed by atoms with Gasteiger partial charge in [-0.15, -0.1) is 0 Å². The SMILES string of the molecule is Cc1nc(F)ccc1C1CCCN1. The van der Waals surface area contributed by atoms with Crippen molar-refractivity contribution in [3.05, 3.63) is 29.3 Å². The average molecular weight is 180 g/mol. The fraction of sp³-hybridized carbons (Fsp3) is 0.500. The number of rotatable bonds is 1. The van der Waals surface area contributed by atoms with Gasteiger partial charge in [-0.3, -0.25) is 0 Å². The van der Waals surface area contributed by atoms with Crippen LogP contribution in [0.1, 0.15) is 30.1 Å². The molecule has 0 aliphatic carbocycles. The number of pyridine rings is 1. The summed E-state index contributed by atoms with van der Waals surface area (Å²) >= 11 is 0. The molecule has 0 radical (unpaired) electrons. The summed E-state index contributed by atoms with van der Waals surface area (Å²) in [5.74, 6) is -0.390. The summed E-state index contributed by atoms with van der Waals surface area (Å²) in [5.41, 5.74) is 1.94. The molecule has 0 spiro atoms. The van der Waals surface area contributed by atoms with Crippen LogP contribution in [0.4, 0.5) is 4.39 Å². The van der Waals surface area contributed by atoms with E-state index in [1.807, 2.05) is 13.0 Å². The fourth-order valence-corrected chi connectivity index (χ4v) is 1.86. The zero-order chi connectivity index (χ0) is 9.26. The summed E-state index contributed by atoms with van der Waals surface area (Å²) in [6, 6.07) is 3.65. The minimum Gasteiger partial charge on any atom is -0.310 e. The zero-order valence-corrected chi connectivity index (χ0v) is 7.68. The number of halogens is 1. The lowest BCUT2D eigenvalue weighted by atomic mass is 10.0. The third kappa shape index (κ3) is 1.70. The predicted octanol–water partition coefficient (Wildman–Crippen LogP) is 1.95. The van der Waals surface area contributed by atoms with Crippen molar-refractivity contribution in [1.29, 1.82) is 0 Å². The number of aryl methyl sites for hydroxylation is 1. The van der Waals surface area contributed by atoms with E-state index in [1.54, 1.807) is 0 Å². The molecule has 0 bridgehead atoms. The number of nitrogens with zero attached hydrogens (tertiary/aromatic N) is 1. The van der Waals surface area contributed by atoms with Gasteiger partial charge in [0, 0.05) is 11.7 Å². The van der Waals surface area contributed by atoms with Crippen LogP contribution in [0.25, 0.3) is 0 Å². The molecule has 1 aliphatic heterocycles. The Morgan fingerprint density at radius 2 is 2.38 bits per heavy atom. The predicted molar refractivity (Wildman–Crippen MR) is 48.9 cm³/mol. The van der Waals surface area contributed by atoms with Gasteiger partial charge < -0.3 is 5.32 Å². The molecule has 1 atom stereocenters. The van der Waals surface area contributed by atoms with Gasteiger partial charge in [0.25, 0.3) is 0 Å². The van der Waals surface area contributed by atoms with Gasteiger partial charge in [-0.1, -0.05) is 6.07 Å².